The lowest BCUT2D eigenvalue weighted by atomic mass is 10.2. The lowest BCUT2D eigenvalue weighted by Gasteiger charge is -2.03. The van der Waals surface area contributed by atoms with E-state index in [0.29, 0.717) is 18.7 Å². The summed E-state index contributed by atoms with van der Waals surface area (Å²) in [5, 5.41) is 15.5. The van der Waals surface area contributed by atoms with E-state index in [1.54, 1.807) is 12.1 Å². The van der Waals surface area contributed by atoms with E-state index in [9.17, 15) is 14.9 Å². The van der Waals surface area contributed by atoms with E-state index < -0.39 is 11.0 Å². The van der Waals surface area contributed by atoms with Crippen LogP contribution in [0.5, 0.6) is 0 Å². The summed E-state index contributed by atoms with van der Waals surface area (Å²) in [6.07, 6.45) is 0.971. The van der Waals surface area contributed by atoms with E-state index in [2.05, 4.69) is 9.84 Å². The van der Waals surface area contributed by atoms with Crippen molar-refractivity contribution in [1.82, 2.24) is 5.01 Å². The van der Waals surface area contributed by atoms with Crippen LogP contribution in [0.2, 0.25) is 0 Å². The smallest absolute Gasteiger partial charge is 0.430 e. The number of non-ortho nitro benzene ring substituents is 1. The summed E-state index contributed by atoms with van der Waals surface area (Å²) < 4.78 is 4.69. The van der Waals surface area contributed by atoms with Crippen LogP contribution in [0.1, 0.15) is 5.56 Å². The van der Waals surface area contributed by atoms with Gasteiger partial charge in [0, 0.05) is 12.1 Å². The highest BCUT2D eigenvalue weighted by Gasteiger charge is 2.20. The van der Waals surface area contributed by atoms with Gasteiger partial charge in [0.05, 0.1) is 17.7 Å². The number of rotatable bonds is 3. The van der Waals surface area contributed by atoms with E-state index in [1.165, 1.54) is 23.4 Å². The number of carbonyl (C=O) groups excluding carboxylic acids is 1. The maximum Gasteiger partial charge on any atom is 0.430 e. The van der Waals surface area contributed by atoms with Crippen LogP contribution in [0, 0.1) is 10.1 Å². The van der Waals surface area contributed by atoms with Crippen molar-refractivity contribution < 1.29 is 14.5 Å². The minimum absolute atomic E-state index is 0.0164. The van der Waals surface area contributed by atoms with E-state index in [1.807, 2.05) is 0 Å². The molecule has 0 radical (unpaired) electrons. The van der Waals surface area contributed by atoms with Crippen LogP contribution < -0.4 is 0 Å². The van der Waals surface area contributed by atoms with Crippen LogP contribution in [-0.2, 0) is 4.74 Å². The number of nitro benzene ring substituents is 1. The molecule has 1 aromatic carbocycles. The predicted molar refractivity (Wildman–Crippen MR) is 58.7 cm³/mol. The first kappa shape index (κ1) is 11.1. The van der Waals surface area contributed by atoms with Crippen LogP contribution in [0.25, 0.3) is 0 Å². The molecule has 1 saturated heterocycles. The first-order valence-electron chi connectivity index (χ1n) is 4.89. The van der Waals surface area contributed by atoms with Gasteiger partial charge < -0.3 is 4.74 Å². The van der Waals surface area contributed by atoms with Gasteiger partial charge >= 0.3 is 6.09 Å². The fourth-order valence-corrected chi connectivity index (χ4v) is 1.31. The minimum Gasteiger partial charge on any atom is -0.446 e. The topological polar surface area (TPSA) is 85.0 Å². The Morgan fingerprint density at radius 2 is 2.12 bits per heavy atom. The van der Waals surface area contributed by atoms with Gasteiger partial charge in [0.2, 0.25) is 0 Å². The van der Waals surface area contributed by atoms with E-state index in [4.69, 9.17) is 0 Å². The molecular formula is C10H9N3O4. The molecule has 0 bridgehead atoms. The molecule has 7 nitrogen and oxygen atoms in total. The Kier molecular flexibility index (Phi) is 2.99. The number of hydrogen-bond donors (Lipinski definition) is 0. The molecule has 0 aliphatic carbocycles. The number of hydrogen-bond acceptors (Lipinski definition) is 5. The first-order valence-corrected chi connectivity index (χ1v) is 4.89. The maximum atomic E-state index is 11.0. The predicted octanol–water partition coefficient (Wildman–Crippen LogP) is 1.38. The summed E-state index contributed by atoms with van der Waals surface area (Å²) >= 11 is 0. The summed E-state index contributed by atoms with van der Waals surface area (Å²) in [4.78, 5) is 21.0. The number of nitrogens with zero attached hydrogens (tertiary/aromatic N) is 3. The second kappa shape index (κ2) is 4.60. The summed E-state index contributed by atoms with van der Waals surface area (Å²) in [6, 6.07) is 5.87. The van der Waals surface area contributed by atoms with Gasteiger partial charge in [0.15, 0.2) is 0 Å². The molecule has 0 aromatic heterocycles. The van der Waals surface area contributed by atoms with Gasteiger partial charge in [-0.1, -0.05) is 0 Å². The third kappa shape index (κ3) is 2.57. The molecule has 0 atom stereocenters. The van der Waals surface area contributed by atoms with Crippen molar-refractivity contribution in [3.8, 4) is 0 Å². The molecule has 0 N–H and O–H groups in total. The molecule has 0 spiro atoms. The van der Waals surface area contributed by atoms with Crippen LogP contribution in [0.4, 0.5) is 10.5 Å². The molecular weight excluding hydrogens is 226 g/mol. The highest BCUT2D eigenvalue weighted by molar-refractivity contribution is 5.81. The Morgan fingerprint density at radius 3 is 2.65 bits per heavy atom. The molecule has 0 unspecified atom stereocenters. The van der Waals surface area contributed by atoms with Gasteiger partial charge in [-0.3, -0.25) is 10.1 Å². The zero-order chi connectivity index (χ0) is 12.3. The molecule has 1 aliphatic rings. The lowest BCUT2D eigenvalue weighted by Crippen LogP contribution is -2.17. The number of nitro groups is 1. The molecule has 1 heterocycles. The molecule has 2 rings (SSSR count). The largest absolute Gasteiger partial charge is 0.446 e. The van der Waals surface area contributed by atoms with Crippen molar-refractivity contribution in [3.05, 3.63) is 39.9 Å². The monoisotopic (exact) mass is 235 g/mol. The number of cyclic esters (lactones) is 1. The Bertz CT molecular complexity index is 469. The van der Waals surface area contributed by atoms with Crippen LogP contribution >= 0.6 is 0 Å². The van der Waals surface area contributed by atoms with Gasteiger partial charge in [0.25, 0.3) is 5.69 Å². The third-order valence-corrected chi connectivity index (χ3v) is 2.19. The normalized spacial score (nSPS) is 15.3. The van der Waals surface area contributed by atoms with Crippen molar-refractivity contribution in [2.45, 2.75) is 0 Å². The maximum absolute atomic E-state index is 11.0. The van der Waals surface area contributed by atoms with Crippen LogP contribution in [-0.4, -0.2) is 35.4 Å². The summed E-state index contributed by atoms with van der Waals surface area (Å²) in [7, 11) is 0. The zero-order valence-corrected chi connectivity index (χ0v) is 8.78. The number of ether oxygens (including phenoxy) is 1. The van der Waals surface area contributed by atoms with Gasteiger partial charge in [-0.25, -0.2) is 4.79 Å². The summed E-state index contributed by atoms with van der Waals surface area (Å²) in [5.74, 6) is 0. The summed E-state index contributed by atoms with van der Waals surface area (Å²) in [6.45, 7) is 0.749. The van der Waals surface area contributed by atoms with Gasteiger partial charge in [0.1, 0.15) is 6.61 Å². The Hall–Kier alpha value is -2.44. The SMILES string of the molecule is O=C1OCCN1N=Cc1ccc([N+](=O)[O-])cc1. The first-order chi connectivity index (χ1) is 8.16. The average molecular weight is 235 g/mol. The van der Waals surface area contributed by atoms with E-state index in [0.717, 1.165) is 0 Å². The van der Waals surface area contributed by atoms with Crippen molar-refractivity contribution in [2.75, 3.05) is 13.2 Å². The number of benzene rings is 1. The molecule has 1 aromatic rings. The highest BCUT2D eigenvalue weighted by Crippen LogP contribution is 2.11. The van der Waals surface area contributed by atoms with Crippen molar-refractivity contribution in [3.63, 3.8) is 0 Å². The number of hydrazone groups is 1. The third-order valence-electron chi connectivity index (χ3n) is 2.19. The Labute approximate surface area is 96.4 Å². The fourth-order valence-electron chi connectivity index (χ4n) is 1.31. The van der Waals surface area contributed by atoms with Crippen molar-refractivity contribution in [2.24, 2.45) is 5.10 Å². The Balaban J connectivity index is 2.06. The van der Waals surface area contributed by atoms with Crippen LogP contribution in [0.15, 0.2) is 29.4 Å². The molecule has 1 amide bonds. The van der Waals surface area contributed by atoms with E-state index >= 15 is 0 Å². The number of carbonyl (C=O) groups is 1. The molecule has 17 heavy (non-hydrogen) atoms. The average Bonchev–Trinajstić information content (AvgIpc) is 2.73. The van der Waals surface area contributed by atoms with Gasteiger partial charge in [-0.2, -0.15) is 10.1 Å². The molecule has 7 heteroatoms. The number of amides is 1. The molecule has 88 valence electrons. The minimum atomic E-state index is -0.483. The standard InChI is InChI=1S/C10H9N3O4/c14-10-12(5-6-17-10)11-7-8-1-3-9(4-2-8)13(15)16/h1-4,7H,5-6H2. The van der Waals surface area contributed by atoms with Gasteiger partial charge in [-0.05, 0) is 17.7 Å². The van der Waals surface area contributed by atoms with Gasteiger partial charge in [-0.15, -0.1) is 0 Å². The quantitative estimate of drug-likeness (QED) is 0.450. The second-order valence-electron chi connectivity index (χ2n) is 3.33. The highest BCUT2D eigenvalue weighted by atomic mass is 16.6. The lowest BCUT2D eigenvalue weighted by molar-refractivity contribution is -0.384. The second-order valence-corrected chi connectivity index (χ2v) is 3.33. The Morgan fingerprint density at radius 1 is 1.41 bits per heavy atom. The summed E-state index contributed by atoms with van der Waals surface area (Å²) in [5.41, 5.74) is 0.693. The molecule has 1 aliphatic heterocycles. The van der Waals surface area contributed by atoms with Crippen molar-refractivity contribution in [1.29, 1.82) is 0 Å². The molecule has 1 fully saturated rings. The zero-order valence-electron chi connectivity index (χ0n) is 8.78. The fraction of sp³-hybridized carbons (Fsp3) is 0.200. The van der Waals surface area contributed by atoms with Crippen LogP contribution in [0.3, 0.4) is 0 Å². The van der Waals surface area contributed by atoms with E-state index in [-0.39, 0.29) is 5.69 Å². The van der Waals surface area contributed by atoms with Crippen molar-refractivity contribution >= 4 is 18.0 Å². The molecule has 0 saturated carbocycles.